The Hall–Kier alpha value is -0.800. The number of hydrogen-bond donors (Lipinski definition) is 1. The molecule has 0 aliphatic rings. The average Bonchev–Trinajstić information content (AvgIpc) is 2.60. The molecule has 0 saturated heterocycles. The summed E-state index contributed by atoms with van der Waals surface area (Å²) in [6.07, 6.45) is 3.68. The molecule has 0 aliphatic heterocycles. The SMILES string of the molecule is CC(C)CCCCn1c(=S)[nH]c2ccc(Cl)cc21. The number of hydrogen-bond acceptors (Lipinski definition) is 1. The van der Waals surface area contributed by atoms with Gasteiger partial charge in [0.25, 0.3) is 0 Å². The lowest BCUT2D eigenvalue weighted by molar-refractivity contribution is 0.511. The summed E-state index contributed by atoms with van der Waals surface area (Å²) in [6.45, 7) is 5.49. The Morgan fingerprint density at radius 3 is 2.83 bits per heavy atom. The van der Waals surface area contributed by atoms with Crippen molar-refractivity contribution in [2.24, 2.45) is 5.92 Å². The fraction of sp³-hybridized carbons (Fsp3) is 0.500. The molecule has 18 heavy (non-hydrogen) atoms. The van der Waals surface area contributed by atoms with Crippen LogP contribution in [0.25, 0.3) is 11.0 Å². The fourth-order valence-electron chi connectivity index (χ4n) is 2.17. The molecular formula is C14H19ClN2S. The summed E-state index contributed by atoms with van der Waals surface area (Å²) in [4.78, 5) is 3.22. The van der Waals surface area contributed by atoms with Crippen molar-refractivity contribution in [3.05, 3.63) is 28.0 Å². The van der Waals surface area contributed by atoms with Crippen LogP contribution in [0.15, 0.2) is 18.2 Å². The quantitative estimate of drug-likeness (QED) is 0.592. The number of nitrogens with zero attached hydrogens (tertiary/aromatic N) is 1. The first-order chi connectivity index (χ1) is 8.58. The van der Waals surface area contributed by atoms with E-state index in [0.717, 1.165) is 39.7 Å². The highest BCUT2D eigenvalue weighted by Crippen LogP contribution is 2.20. The van der Waals surface area contributed by atoms with E-state index in [-0.39, 0.29) is 0 Å². The van der Waals surface area contributed by atoms with Gasteiger partial charge in [-0.2, -0.15) is 0 Å². The lowest BCUT2D eigenvalue weighted by Gasteiger charge is -2.06. The summed E-state index contributed by atoms with van der Waals surface area (Å²) in [5, 5.41) is 0.757. The number of unbranched alkanes of at least 4 members (excludes halogenated alkanes) is 1. The minimum atomic E-state index is 0.757. The van der Waals surface area contributed by atoms with E-state index in [1.807, 2.05) is 18.2 Å². The summed E-state index contributed by atoms with van der Waals surface area (Å²) in [5.41, 5.74) is 2.17. The Bertz CT molecular complexity index is 583. The zero-order valence-electron chi connectivity index (χ0n) is 10.9. The molecular weight excluding hydrogens is 264 g/mol. The van der Waals surface area contributed by atoms with Crippen LogP contribution in [-0.2, 0) is 6.54 Å². The molecule has 2 rings (SSSR count). The van der Waals surface area contributed by atoms with Gasteiger partial charge in [-0.15, -0.1) is 0 Å². The second-order valence-corrected chi connectivity index (χ2v) is 5.96. The van der Waals surface area contributed by atoms with Gasteiger partial charge in [0.1, 0.15) is 0 Å². The van der Waals surface area contributed by atoms with Crippen molar-refractivity contribution in [3.8, 4) is 0 Å². The maximum absolute atomic E-state index is 6.04. The molecule has 0 saturated carbocycles. The highest BCUT2D eigenvalue weighted by molar-refractivity contribution is 7.71. The van der Waals surface area contributed by atoms with Crippen LogP contribution in [0.1, 0.15) is 33.1 Å². The topological polar surface area (TPSA) is 20.7 Å². The number of aromatic nitrogens is 2. The van der Waals surface area contributed by atoms with E-state index in [1.165, 1.54) is 12.8 Å². The second-order valence-electron chi connectivity index (χ2n) is 5.13. The van der Waals surface area contributed by atoms with Crippen LogP contribution < -0.4 is 0 Å². The van der Waals surface area contributed by atoms with Crippen molar-refractivity contribution in [1.29, 1.82) is 0 Å². The van der Waals surface area contributed by atoms with Gasteiger partial charge in [-0.3, -0.25) is 0 Å². The Balaban J connectivity index is 2.14. The molecule has 2 nitrogen and oxygen atoms in total. The Labute approximate surface area is 118 Å². The third-order valence-electron chi connectivity index (χ3n) is 3.15. The minimum absolute atomic E-state index is 0.757. The highest BCUT2D eigenvalue weighted by atomic mass is 35.5. The van der Waals surface area contributed by atoms with E-state index in [2.05, 4.69) is 23.4 Å². The number of benzene rings is 1. The second kappa shape index (κ2) is 5.89. The summed E-state index contributed by atoms with van der Waals surface area (Å²) in [5.74, 6) is 0.774. The van der Waals surface area contributed by atoms with E-state index < -0.39 is 0 Å². The molecule has 1 heterocycles. The monoisotopic (exact) mass is 282 g/mol. The lowest BCUT2D eigenvalue weighted by Crippen LogP contribution is -1.99. The predicted octanol–water partition coefficient (Wildman–Crippen LogP) is 5.18. The summed E-state index contributed by atoms with van der Waals surface area (Å²) >= 11 is 11.4. The summed E-state index contributed by atoms with van der Waals surface area (Å²) in [7, 11) is 0. The van der Waals surface area contributed by atoms with Crippen LogP contribution in [0.2, 0.25) is 5.02 Å². The maximum Gasteiger partial charge on any atom is 0.178 e. The van der Waals surface area contributed by atoms with Gasteiger partial charge in [0.05, 0.1) is 11.0 Å². The smallest absolute Gasteiger partial charge is 0.178 e. The van der Waals surface area contributed by atoms with Crippen molar-refractivity contribution in [2.75, 3.05) is 0 Å². The highest BCUT2D eigenvalue weighted by Gasteiger charge is 2.05. The first-order valence-electron chi connectivity index (χ1n) is 6.46. The van der Waals surface area contributed by atoms with Crippen molar-refractivity contribution < 1.29 is 0 Å². The van der Waals surface area contributed by atoms with Crippen molar-refractivity contribution >= 4 is 34.9 Å². The molecule has 0 unspecified atom stereocenters. The molecule has 0 radical (unpaired) electrons. The molecule has 1 aromatic heterocycles. The molecule has 0 atom stereocenters. The van der Waals surface area contributed by atoms with Crippen LogP contribution in [0.5, 0.6) is 0 Å². The number of aromatic amines is 1. The number of aryl methyl sites for hydroxylation is 1. The van der Waals surface area contributed by atoms with Crippen LogP contribution in [0, 0.1) is 10.7 Å². The number of H-pyrrole nitrogens is 1. The van der Waals surface area contributed by atoms with E-state index in [4.69, 9.17) is 23.8 Å². The molecule has 0 spiro atoms. The zero-order valence-corrected chi connectivity index (χ0v) is 12.4. The third kappa shape index (κ3) is 3.15. The number of halogens is 1. The molecule has 4 heteroatoms. The Morgan fingerprint density at radius 2 is 2.11 bits per heavy atom. The average molecular weight is 283 g/mol. The summed E-state index contributed by atoms with van der Waals surface area (Å²) in [6, 6.07) is 5.85. The fourth-order valence-corrected chi connectivity index (χ4v) is 2.64. The predicted molar refractivity (Wildman–Crippen MR) is 80.8 cm³/mol. The van der Waals surface area contributed by atoms with Crippen LogP contribution >= 0.6 is 23.8 Å². The first kappa shape index (κ1) is 13.6. The van der Waals surface area contributed by atoms with Crippen molar-refractivity contribution in [1.82, 2.24) is 9.55 Å². The van der Waals surface area contributed by atoms with Crippen molar-refractivity contribution in [2.45, 2.75) is 39.7 Å². The normalized spacial score (nSPS) is 11.6. The Morgan fingerprint density at radius 1 is 1.33 bits per heavy atom. The molecule has 0 bridgehead atoms. The minimum Gasteiger partial charge on any atom is -0.331 e. The van der Waals surface area contributed by atoms with Crippen LogP contribution in [0.4, 0.5) is 0 Å². The number of nitrogens with one attached hydrogen (secondary N) is 1. The Kier molecular flexibility index (Phi) is 4.46. The molecule has 2 aromatic rings. The lowest BCUT2D eigenvalue weighted by atomic mass is 10.1. The maximum atomic E-state index is 6.04. The van der Waals surface area contributed by atoms with Gasteiger partial charge >= 0.3 is 0 Å². The van der Waals surface area contributed by atoms with E-state index in [1.54, 1.807) is 0 Å². The molecule has 0 aliphatic carbocycles. The molecule has 98 valence electrons. The zero-order chi connectivity index (χ0) is 13.1. The standard InChI is InChI=1S/C14H19ClN2S/c1-10(2)5-3-4-8-17-13-9-11(15)6-7-12(13)16-14(17)18/h6-7,9-10H,3-5,8H2,1-2H3,(H,16,18). The van der Waals surface area contributed by atoms with Gasteiger partial charge in [-0.25, -0.2) is 0 Å². The van der Waals surface area contributed by atoms with Gasteiger partial charge in [-0.1, -0.05) is 38.3 Å². The van der Waals surface area contributed by atoms with Gasteiger partial charge in [0.15, 0.2) is 4.77 Å². The molecule has 1 aromatic carbocycles. The number of imidazole rings is 1. The van der Waals surface area contributed by atoms with Gasteiger partial charge in [0, 0.05) is 11.6 Å². The van der Waals surface area contributed by atoms with Crippen LogP contribution in [0.3, 0.4) is 0 Å². The molecule has 0 amide bonds. The largest absolute Gasteiger partial charge is 0.331 e. The number of rotatable bonds is 5. The van der Waals surface area contributed by atoms with Crippen molar-refractivity contribution in [3.63, 3.8) is 0 Å². The van der Waals surface area contributed by atoms with Gasteiger partial charge in [0.2, 0.25) is 0 Å². The van der Waals surface area contributed by atoms with E-state index >= 15 is 0 Å². The summed E-state index contributed by atoms with van der Waals surface area (Å²) < 4.78 is 2.94. The van der Waals surface area contributed by atoms with E-state index in [9.17, 15) is 0 Å². The number of fused-ring (bicyclic) bond motifs is 1. The van der Waals surface area contributed by atoms with E-state index in [0.29, 0.717) is 0 Å². The van der Waals surface area contributed by atoms with Gasteiger partial charge in [-0.05, 0) is 42.8 Å². The first-order valence-corrected chi connectivity index (χ1v) is 7.24. The van der Waals surface area contributed by atoms with Gasteiger partial charge < -0.3 is 9.55 Å². The molecule has 1 N–H and O–H groups in total. The molecule has 0 fully saturated rings. The third-order valence-corrected chi connectivity index (χ3v) is 3.71. The van der Waals surface area contributed by atoms with Crippen LogP contribution in [-0.4, -0.2) is 9.55 Å².